The highest BCUT2D eigenvalue weighted by Gasteiger charge is 2.14. The maximum Gasteiger partial charge on any atom is 0.339 e. The second-order valence-corrected chi connectivity index (χ2v) is 7.90. The Bertz CT molecular complexity index is 1060. The number of carboxylic acids is 1. The topological polar surface area (TPSA) is 78.8 Å². The molecule has 0 spiro atoms. The molecule has 0 unspecified atom stereocenters. The van der Waals surface area contributed by atoms with Crippen LogP contribution in [0.4, 0.5) is 4.39 Å². The van der Waals surface area contributed by atoms with E-state index in [2.05, 4.69) is 5.32 Å². The summed E-state index contributed by atoms with van der Waals surface area (Å²) >= 11 is 0. The summed E-state index contributed by atoms with van der Waals surface area (Å²) in [7, 11) is 0. The second-order valence-electron chi connectivity index (χ2n) is 7.90. The summed E-state index contributed by atoms with van der Waals surface area (Å²) in [6.45, 7) is 4.73. The molecule has 0 radical (unpaired) electrons. The van der Waals surface area contributed by atoms with Crippen LogP contribution < -0.4 is 10.1 Å². The zero-order valence-corrected chi connectivity index (χ0v) is 19.4. The molecule has 3 aromatic rings. The van der Waals surface area contributed by atoms with Crippen molar-refractivity contribution in [2.45, 2.75) is 32.5 Å². The van der Waals surface area contributed by atoms with Gasteiger partial charge in [-0.15, -0.1) is 12.4 Å². The quantitative estimate of drug-likeness (QED) is 0.350. The standard InChI is InChI=1S/C26H28FNO4.ClH/c1-17(2)32-25-15-20(10-11-23(25)26(30)31)19-8-6-18(7-9-19)12-13-28-16-24(29)21-4-3-5-22(27)14-21;/h3-11,14-15,17,24,28-29H,12-13,16H2,1-2H3,(H,30,31);1H/t24-;/m0./s1. The Hall–Kier alpha value is -2.93. The molecule has 3 rings (SSSR count). The first-order valence-corrected chi connectivity index (χ1v) is 10.6. The van der Waals surface area contributed by atoms with Crippen molar-refractivity contribution >= 4 is 18.4 Å². The van der Waals surface area contributed by atoms with Gasteiger partial charge in [0.25, 0.3) is 0 Å². The van der Waals surface area contributed by atoms with Gasteiger partial charge in [0.1, 0.15) is 17.1 Å². The molecule has 3 aromatic carbocycles. The Morgan fingerprint density at radius 2 is 1.73 bits per heavy atom. The van der Waals surface area contributed by atoms with Crippen molar-refractivity contribution in [3.63, 3.8) is 0 Å². The summed E-state index contributed by atoms with van der Waals surface area (Å²) in [4.78, 5) is 11.4. The molecule has 3 N–H and O–H groups in total. The molecule has 0 saturated heterocycles. The van der Waals surface area contributed by atoms with E-state index in [1.807, 2.05) is 38.1 Å². The van der Waals surface area contributed by atoms with Crippen LogP contribution in [0.15, 0.2) is 66.7 Å². The number of carbonyl (C=O) groups is 1. The van der Waals surface area contributed by atoms with Crippen molar-refractivity contribution < 1.29 is 24.1 Å². The van der Waals surface area contributed by atoms with E-state index in [-0.39, 0.29) is 29.9 Å². The number of hydrogen-bond acceptors (Lipinski definition) is 4. The number of hydrogen-bond donors (Lipinski definition) is 3. The predicted molar refractivity (Wildman–Crippen MR) is 130 cm³/mol. The molecule has 0 aliphatic carbocycles. The molecule has 0 aliphatic heterocycles. The fourth-order valence-corrected chi connectivity index (χ4v) is 3.40. The molecule has 176 valence electrons. The third-order valence-corrected chi connectivity index (χ3v) is 5.02. The average Bonchev–Trinajstić information content (AvgIpc) is 2.76. The van der Waals surface area contributed by atoms with Crippen LogP contribution in [-0.2, 0) is 6.42 Å². The Labute approximate surface area is 199 Å². The monoisotopic (exact) mass is 473 g/mol. The highest BCUT2D eigenvalue weighted by molar-refractivity contribution is 5.92. The van der Waals surface area contributed by atoms with E-state index in [0.717, 1.165) is 23.1 Å². The second kappa shape index (κ2) is 12.3. The summed E-state index contributed by atoms with van der Waals surface area (Å²) in [5.41, 5.74) is 3.67. The van der Waals surface area contributed by atoms with Gasteiger partial charge in [0.15, 0.2) is 0 Å². The van der Waals surface area contributed by atoms with E-state index in [4.69, 9.17) is 4.74 Å². The first-order valence-electron chi connectivity index (χ1n) is 10.6. The molecule has 0 aliphatic rings. The Morgan fingerprint density at radius 1 is 1.03 bits per heavy atom. The number of aliphatic hydroxyl groups is 1. The maximum atomic E-state index is 13.3. The highest BCUT2D eigenvalue weighted by Crippen LogP contribution is 2.28. The van der Waals surface area contributed by atoms with Gasteiger partial charge in [-0.25, -0.2) is 9.18 Å². The van der Waals surface area contributed by atoms with Gasteiger partial charge in [-0.1, -0.05) is 42.5 Å². The van der Waals surface area contributed by atoms with Gasteiger partial charge in [0.05, 0.1) is 12.2 Å². The van der Waals surface area contributed by atoms with E-state index in [0.29, 0.717) is 24.4 Å². The van der Waals surface area contributed by atoms with E-state index < -0.39 is 12.1 Å². The number of rotatable bonds is 10. The maximum absolute atomic E-state index is 13.3. The van der Waals surface area contributed by atoms with Gasteiger partial charge in [-0.05, 0) is 73.3 Å². The number of benzene rings is 3. The van der Waals surface area contributed by atoms with Crippen molar-refractivity contribution in [2.24, 2.45) is 0 Å². The first-order chi connectivity index (χ1) is 15.3. The van der Waals surface area contributed by atoms with Crippen LogP contribution in [0.3, 0.4) is 0 Å². The van der Waals surface area contributed by atoms with Gasteiger partial charge in [0.2, 0.25) is 0 Å². The number of aliphatic hydroxyl groups excluding tert-OH is 1. The molecule has 0 amide bonds. The first kappa shape index (κ1) is 26.3. The minimum atomic E-state index is -1.02. The summed E-state index contributed by atoms with van der Waals surface area (Å²) in [6.07, 6.45) is -0.114. The number of carboxylic acid groups (broad SMARTS) is 1. The zero-order chi connectivity index (χ0) is 23.1. The van der Waals surface area contributed by atoms with Crippen LogP contribution in [0, 0.1) is 5.82 Å². The van der Waals surface area contributed by atoms with E-state index in [1.54, 1.807) is 30.3 Å². The van der Waals surface area contributed by atoms with Crippen LogP contribution in [0.1, 0.15) is 41.4 Å². The lowest BCUT2D eigenvalue weighted by molar-refractivity contribution is 0.0690. The van der Waals surface area contributed by atoms with Crippen LogP contribution in [0.5, 0.6) is 5.75 Å². The fourth-order valence-electron chi connectivity index (χ4n) is 3.40. The summed E-state index contributed by atoms with van der Waals surface area (Å²) in [5.74, 6) is -1.02. The van der Waals surface area contributed by atoms with E-state index in [9.17, 15) is 19.4 Å². The molecule has 0 fully saturated rings. The van der Waals surface area contributed by atoms with Crippen molar-refractivity contribution in [1.82, 2.24) is 5.32 Å². The van der Waals surface area contributed by atoms with Gasteiger partial charge < -0.3 is 20.3 Å². The molecule has 33 heavy (non-hydrogen) atoms. The molecule has 1 atom stereocenters. The average molecular weight is 474 g/mol. The van der Waals surface area contributed by atoms with Crippen molar-refractivity contribution in [3.05, 3.63) is 89.2 Å². The number of aromatic carboxylic acids is 1. The third kappa shape index (κ3) is 7.56. The Balaban J connectivity index is 0.00000385. The van der Waals surface area contributed by atoms with Crippen molar-refractivity contribution in [2.75, 3.05) is 13.1 Å². The number of halogens is 2. The van der Waals surface area contributed by atoms with Gasteiger partial charge in [-0.2, -0.15) is 0 Å². The normalized spacial score (nSPS) is 11.7. The van der Waals surface area contributed by atoms with Crippen LogP contribution in [-0.4, -0.2) is 35.4 Å². The third-order valence-electron chi connectivity index (χ3n) is 5.02. The van der Waals surface area contributed by atoms with Crippen molar-refractivity contribution in [3.8, 4) is 16.9 Å². The lowest BCUT2D eigenvalue weighted by atomic mass is 10.0. The molecule has 0 aromatic heterocycles. The minimum absolute atomic E-state index is 0. The molecule has 0 heterocycles. The largest absolute Gasteiger partial charge is 0.490 e. The summed E-state index contributed by atoms with van der Waals surface area (Å²) in [6, 6.07) is 19.1. The summed E-state index contributed by atoms with van der Waals surface area (Å²) < 4.78 is 18.9. The highest BCUT2D eigenvalue weighted by atomic mass is 35.5. The molecular formula is C26H29ClFNO4. The van der Waals surface area contributed by atoms with Crippen LogP contribution in [0.2, 0.25) is 0 Å². The lowest BCUT2D eigenvalue weighted by Crippen LogP contribution is -2.23. The molecule has 0 bridgehead atoms. The SMILES string of the molecule is CC(C)Oc1cc(-c2ccc(CCNC[C@H](O)c3cccc(F)c3)cc2)ccc1C(=O)O.Cl. The zero-order valence-electron chi connectivity index (χ0n) is 18.6. The van der Waals surface area contributed by atoms with Crippen molar-refractivity contribution in [1.29, 1.82) is 0 Å². The fraction of sp³-hybridized carbons (Fsp3) is 0.269. The van der Waals surface area contributed by atoms with Crippen LogP contribution >= 0.6 is 12.4 Å². The van der Waals surface area contributed by atoms with Gasteiger partial charge in [-0.3, -0.25) is 0 Å². The van der Waals surface area contributed by atoms with Crippen LogP contribution in [0.25, 0.3) is 11.1 Å². The minimum Gasteiger partial charge on any atom is -0.490 e. The molecule has 0 saturated carbocycles. The molecule has 5 nitrogen and oxygen atoms in total. The van der Waals surface area contributed by atoms with E-state index in [1.165, 1.54) is 12.1 Å². The van der Waals surface area contributed by atoms with Gasteiger partial charge >= 0.3 is 5.97 Å². The summed E-state index contributed by atoms with van der Waals surface area (Å²) in [5, 5.41) is 22.7. The molecule has 7 heteroatoms. The van der Waals surface area contributed by atoms with Gasteiger partial charge in [0, 0.05) is 6.54 Å². The Kier molecular flexibility index (Phi) is 9.85. The number of nitrogens with one attached hydrogen (secondary N) is 1. The Morgan fingerprint density at radius 3 is 2.36 bits per heavy atom. The lowest BCUT2D eigenvalue weighted by Gasteiger charge is -2.14. The predicted octanol–water partition coefficient (Wildman–Crippen LogP) is 5.27. The smallest absolute Gasteiger partial charge is 0.339 e. The van der Waals surface area contributed by atoms with E-state index >= 15 is 0 Å². The number of ether oxygens (including phenoxy) is 1. The molecular weight excluding hydrogens is 445 g/mol.